The normalized spacial score (nSPS) is 21.5. The van der Waals surface area contributed by atoms with E-state index in [1.807, 2.05) is 11.3 Å². The second kappa shape index (κ2) is 4.62. The predicted molar refractivity (Wildman–Crippen MR) is 65.7 cm³/mol. The van der Waals surface area contributed by atoms with E-state index >= 15 is 0 Å². The second-order valence-corrected chi connectivity index (χ2v) is 5.94. The molecule has 2 heterocycles. The Balaban J connectivity index is 2.06. The molecule has 0 amide bonds. The van der Waals surface area contributed by atoms with Gasteiger partial charge in [-0.2, -0.15) is 0 Å². The first-order chi connectivity index (χ1) is 7.16. The third kappa shape index (κ3) is 2.58. The third-order valence-corrected chi connectivity index (χ3v) is 4.32. The molecular weight excluding hydrogens is 204 g/mol. The van der Waals surface area contributed by atoms with Crippen LogP contribution < -0.4 is 5.32 Å². The van der Waals surface area contributed by atoms with E-state index in [0.717, 1.165) is 6.42 Å². The molecule has 0 spiro atoms. The molecule has 0 aliphatic carbocycles. The van der Waals surface area contributed by atoms with E-state index in [1.54, 1.807) is 0 Å². The molecule has 1 atom stereocenters. The van der Waals surface area contributed by atoms with Crippen molar-refractivity contribution in [3.63, 3.8) is 0 Å². The van der Waals surface area contributed by atoms with Gasteiger partial charge in [-0.1, -0.05) is 13.8 Å². The van der Waals surface area contributed by atoms with Gasteiger partial charge >= 0.3 is 0 Å². The van der Waals surface area contributed by atoms with Gasteiger partial charge in [0.25, 0.3) is 0 Å². The van der Waals surface area contributed by atoms with Gasteiger partial charge < -0.3 is 5.32 Å². The molecule has 2 rings (SSSR count). The first-order valence-electron chi connectivity index (χ1n) is 5.86. The second-order valence-electron chi connectivity index (χ2n) is 4.71. The predicted octanol–water partition coefficient (Wildman–Crippen LogP) is 2.87. The summed E-state index contributed by atoms with van der Waals surface area (Å²) in [6, 6.07) is 0.672. The SMILES string of the molecule is Cc1sc(C(C)C)nc1CC1CCCN1. The lowest BCUT2D eigenvalue weighted by Gasteiger charge is -2.07. The molecule has 2 nitrogen and oxygen atoms in total. The highest BCUT2D eigenvalue weighted by Crippen LogP contribution is 2.25. The molecule has 15 heavy (non-hydrogen) atoms. The Bertz CT molecular complexity index is 324. The number of nitrogens with zero attached hydrogens (tertiary/aromatic N) is 1. The zero-order valence-electron chi connectivity index (χ0n) is 9.84. The van der Waals surface area contributed by atoms with Crippen LogP contribution in [0.4, 0.5) is 0 Å². The fraction of sp³-hybridized carbons (Fsp3) is 0.750. The van der Waals surface area contributed by atoms with Crippen LogP contribution in [0.1, 0.15) is 48.2 Å². The lowest BCUT2D eigenvalue weighted by atomic mass is 10.1. The molecule has 1 aliphatic heterocycles. The van der Waals surface area contributed by atoms with E-state index < -0.39 is 0 Å². The van der Waals surface area contributed by atoms with Crippen LogP contribution in [0.3, 0.4) is 0 Å². The number of aryl methyl sites for hydroxylation is 1. The maximum absolute atomic E-state index is 4.75. The molecule has 0 radical (unpaired) electrons. The van der Waals surface area contributed by atoms with E-state index in [1.165, 1.54) is 35.0 Å². The molecule has 0 aromatic carbocycles. The Morgan fingerprint density at radius 1 is 1.53 bits per heavy atom. The van der Waals surface area contributed by atoms with E-state index in [4.69, 9.17) is 4.98 Å². The summed E-state index contributed by atoms with van der Waals surface area (Å²) in [5.74, 6) is 0.569. The maximum atomic E-state index is 4.75. The molecule has 3 heteroatoms. The van der Waals surface area contributed by atoms with Crippen molar-refractivity contribution in [3.8, 4) is 0 Å². The summed E-state index contributed by atoms with van der Waals surface area (Å²) in [4.78, 5) is 6.16. The van der Waals surface area contributed by atoms with Crippen LogP contribution in [0.2, 0.25) is 0 Å². The Labute approximate surface area is 96.1 Å². The summed E-state index contributed by atoms with van der Waals surface area (Å²) in [5.41, 5.74) is 1.32. The minimum Gasteiger partial charge on any atom is -0.314 e. The molecule has 1 aromatic rings. The molecule has 84 valence electrons. The topological polar surface area (TPSA) is 24.9 Å². The van der Waals surface area contributed by atoms with Crippen molar-refractivity contribution >= 4 is 11.3 Å². The van der Waals surface area contributed by atoms with Crippen molar-refractivity contribution in [2.75, 3.05) is 6.54 Å². The summed E-state index contributed by atoms with van der Waals surface area (Å²) >= 11 is 1.87. The van der Waals surface area contributed by atoms with Gasteiger partial charge in [-0.25, -0.2) is 4.98 Å². The summed E-state index contributed by atoms with van der Waals surface area (Å²) < 4.78 is 0. The van der Waals surface area contributed by atoms with Crippen LogP contribution in [-0.4, -0.2) is 17.6 Å². The van der Waals surface area contributed by atoms with Crippen molar-refractivity contribution in [1.29, 1.82) is 0 Å². The number of rotatable bonds is 3. The van der Waals surface area contributed by atoms with Crippen LogP contribution in [0.5, 0.6) is 0 Å². The van der Waals surface area contributed by atoms with Gasteiger partial charge in [-0.15, -0.1) is 11.3 Å². The van der Waals surface area contributed by atoms with E-state index in [0.29, 0.717) is 12.0 Å². The van der Waals surface area contributed by atoms with Gasteiger partial charge in [0.15, 0.2) is 0 Å². The highest BCUT2D eigenvalue weighted by atomic mass is 32.1. The van der Waals surface area contributed by atoms with Crippen molar-refractivity contribution in [3.05, 3.63) is 15.6 Å². The average Bonchev–Trinajstić information content (AvgIpc) is 2.77. The largest absolute Gasteiger partial charge is 0.314 e. The van der Waals surface area contributed by atoms with Gasteiger partial charge in [0.1, 0.15) is 0 Å². The molecule has 1 aromatic heterocycles. The van der Waals surface area contributed by atoms with Gasteiger partial charge in [0, 0.05) is 23.3 Å². The standard InChI is InChI=1S/C12H20N2S/c1-8(2)12-14-11(9(3)15-12)7-10-5-4-6-13-10/h8,10,13H,4-7H2,1-3H3. The summed E-state index contributed by atoms with van der Waals surface area (Å²) in [6.07, 6.45) is 3.76. The lowest BCUT2D eigenvalue weighted by molar-refractivity contribution is 0.593. The monoisotopic (exact) mass is 224 g/mol. The number of nitrogens with one attached hydrogen (secondary N) is 1. The van der Waals surface area contributed by atoms with Crippen LogP contribution in [0, 0.1) is 6.92 Å². The fourth-order valence-electron chi connectivity index (χ4n) is 2.05. The Morgan fingerprint density at radius 2 is 2.33 bits per heavy atom. The van der Waals surface area contributed by atoms with Crippen LogP contribution in [0.15, 0.2) is 0 Å². The zero-order chi connectivity index (χ0) is 10.8. The van der Waals surface area contributed by atoms with Crippen molar-refractivity contribution < 1.29 is 0 Å². The van der Waals surface area contributed by atoms with Gasteiger partial charge in [-0.3, -0.25) is 0 Å². The molecule has 1 fully saturated rings. The van der Waals surface area contributed by atoms with Crippen LogP contribution in [-0.2, 0) is 6.42 Å². The van der Waals surface area contributed by atoms with Gasteiger partial charge in [-0.05, 0) is 26.3 Å². The number of hydrogen-bond acceptors (Lipinski definition) is 3. The molecule has 0 saturated carbocycles. The summed E-state index contributed by atoms with van der Waals surface area (Å²) in [6.45, 7) is 7.82. The number of aromatic nitrogens is 1. The average molecular weight is 224 g/mol. The van der Waals surface area contributed by atoms with Crippen LogP contribution in [0.25, 0.3) is 0 Å². The fourth-order valence-corrected chi connectivity index (χ4v) is 3.00. The highest BCUT2D eigenvalue weighted by Gasteiger charge is 2.18. The van der Waals surface area contributed by atoms with Crippen LogP contribution >= 0.6 is 11.3 Å². The molecule has 1 aliphatic rings. The lowest BCUT2D eigenvalue weighted by Crippen LogP contribution is -2.24. The van der Waals surface area contributed by atoms with Gasteiger partial charge in [0.2, 0.25) is 0 Å². The minimum atomic E-state index is 0.569. The molecule has 1 N–H and O–H groups in total. The zero-order valence-corrected chi connectivity index (χ0v) is 10.7. The minimum absolute atomic E-state index is 0.569. The molecule has 1 saturated heterocycles. The summed E-state index contributed by atoms with van der Waals surface area (Å²) in [7, 11) is 0. The Morgan fingerprint density at radius 3 is 2.87 bits per heavy atom. The molecule has 0 bridgehead atoms. The quantitative estimate of drug-likeness (QED) is 0.854. The van der Waals surface area contributed by atoms with Crippen molar-refractivity contribution in [2.45, 2.75) is 52.0 Å². The Kier molecular flexibility index (Phi) is 3.42. The first kappa shape index (κ1) is 11.1. The smallest absolute Gasteiger partial charge is 0.0956 e. The molecule has 1 unspecified atom stereocenters. The van der Waals surface area contributed by atoms with E-state index in [-0.39, 0.29) is 0 Å². The van der Waals surface area contributed by atoms with E-state index in [9.17, 15) is 0 Å². The first-order valence-corrected chi connectivity index (χ1v) is 6.68. The van der Waals surface area contributed by atoms with E-state index in [2.05, 4.69) is 26.1 Å². The maximum Gasteiger partial charge on any atom is 0.0956 e. The number of thiazole rings is 1. The highest BCUT2D eigenvalue weighted by molar-refractivity contribution is 7.11. The third-order valence-electron chi connectivity index (χ3n) is 3.01. The van der Waals surface area contributed by atoms with Gasteiger partial charge in [0.05, 0.1) is 10.7 Å². The number of hydrogen-bond donors (Lipinski definition) is 1. The Hall–Kier alpha value is -0.410. The van der Waals surface area contributed by atoms with Crippen molar-refractivity contribution in [2.24, 2.45) is 0 Å². The molecular formula is C12H20N2S. The summed E-state index contributed by atoms with van der Waals surface area (Å²) in [5, 5.41) is 4.83. The van der Waals surface area contributed by atoms with Crippen molar-refractivity contribution in [1.82, 2.24) is 10.3 Å².